The van der Waals surface area contributed by atoms with Gasteiger partial charge in [-0.3, -0.25) is 0 Å². The summed E-state index contributed by atoms with van der Waals surface area (Å²) in [5.74, 6) is 0.308. The van der Waals surface area contributed by atoms with Crippen LogP contribution >= 0.6 is 0 Å². The zero-order chi connectivity index (χ0) is 11.0. The summed E-state index contributed by atoms with van der Waals surface area (Å²) in [6.07, 6.45) is 7.85. The van der Waals surface area contributed by atoms with Crippen molar-refractivity contribution in [3.05, 3.63) is 23.6 Å². The lowest BCUT2D eigenvalue weighted by Crippen LogP contribution is -2.00. The van der Waals surface area contributed by atoms with E-state index in [1.807, 2.05) is 0 Å². The van der Waals surface area contributed by atoms with E-state index in [4.69, 9.17) is 0 Å². The Morgan fingerprint density at radius 2 is 1.93 bits per heavy atom. The minimum absolute atomic E-state index is 0.0422. The highest BCUT2D eigenvalue weighted by Crippen LogP contribution is 2.25. The highest BCUT2D eigenvalue weighted by atomic mass is 19.1. The molecule has 1 unspecified atom stereocenters. The van der Waals surface area contributed by atoms with Gasteiger partial charge in [0.2, 0.25) is 0 Å². The van der Waals surface area contributed by atoms with Crippen LogP contribution in [0.3, 0.4) is 0 Å². The molecule has 1 heteroatoms. The van der Waals surface area contributed by atoms with Crippen LogP contribution in [0.1, 0.15) is 53.4 Å². The van der Waals surface area contributed by atoms with Crippen molar-refractivity contribution in [2.24, 2.45) is 5.92 Å². The van der Waals surface area contributed by atoms with E-state index in [-0.39, 0.29) is 5.83 Å². The van der Waals surface area contributed by atoms with E-state index in [0.717, 1.165) is 31.3 Å². The minimum atomic E-state index is -0.0422. The molecule has 0 bridgehead atoms. The third-order valence-corrected chi connectivity index (χ3v) is 2.43. The van der Waals surface area contributed by atoms with Gasteiger partial charge in [-0.15, -0.1) is 0 Å². The molecule has 0 radical (unpaired) electrons. The van der Waals surface area contributed by atoms with Crippen molar-refractivity contribution >= 4 is 0 Å². The van der Waals surface area contributed by atoms with Crippen LogP contribution in [0.15, 0.2) is 23.6 Å². The number of rotatable bonds is 6. The standard InChI is InChI=1S/C13H23F/c1-5-8-10-12(13(14)7-3)11(4)9-6-2/h7,10-11H,5-6,8-9H2,1-4H3/b12-10-,13-7+. The normalized spacial score (nSPS) is 15.8. The van der Waals surface area contributed by atoms with E-state index in [1.54, 1.807) is 13.0 Å². The van der Waals surface area contributed by atoms with Gasteiger partial charge in [0.1, 0.15) is 5.83 Å². The molecule has 0 heterocycles. The van der Waals surface area contributed by atoms with Gasteiger partial charge in [-0.2, -0.15) is 0 Å². The van der Waals surface area contributed by atoms with Crippen LogP contribution in [0.25, 0.3) is 0 Å². The molecule has 14 heavy (non-hydrogen) atoms. The number of hydrogen-bond donors (Lipinski definition) is 0. The fourth-order valence-corrected chi connectivity index (χ4v) is 1.59. The molecule has 0 aliphatic rings. The molecule has 0 rings (SSSR count). The lowest BCUT2D eigenvalue weighted by atomic mass is 9.94. The summed E-state index contributed by atoms with van der Waals surface area (Å²) in [5, 5.41) is 0. The molecule has 1 atom stereocenters. The molecule has 0 spiro atoms. The lowest BCUT2D eigenvalue weighted by Gasteiger charge is -2.13. The first-order valence-corrected chi connectivity index (χ1v) is 5.69. The van der Waals surface area contributed by atoms with Crippen LogP contribution in [-0.4, -0.2) is 0 Å². The molecule has 0 fully saturated rings. The predicted octanol–water partition coefficient (Wildman–Crippen LogP) is 5.02. The maximum atomic E-state index is 13.5. The lowest BCUT2D eigenvalue weighted by molar-refractivity contribution is 0.548. The van der Waals surface area contributed by atoms with Gasteiger partial charge in [0.05, 0.1) is 0 Å². The Morgan fingerprint density at radius 1 is 1.29 bits per heavy atom. The summed E-state index contributed by atoms with van der Waals surface area (Å²) in [7, 11) is 0. The molecule has 0 aromatic heterocycles. The van der Waals surface area contributed by atoms with Gasteiger partial charge >= 0.3 is 0 Å². The van der Waals surface area contributed by atoms with Crippen LogP contribution < -0.4 is 0 Å². The Bertz CT molecular complexity index is 201. The summed E-state index contributed by atoms with van der Waals surface area (Å²) >= 11 is 0. The van der Waals surface area contributed by atoms with Gasteiger partial charge in [-0.1, -0.05) is 45.8 Å². The third-order valence-electron chi connectivity index (χ3n) is 2.43. The van der Waals surface area contributed by atoms with Crippen molar-refractivity contribution in [2.75, 3.05) is 0 Å². The fraction of sp³-hybridized carbons (Fsp3) is 0.692. The Kier molecular flexibility index (Phi) is 7.45. The van der Waals surface area contributed by atoms with Gasteiger partial charge in [0.25, 0.3) is 0 Å². The summed E-state index contributed by atoms with van der Waals surface area (Å²) in [6, 6.07) is 0. The van der Waals surface area contributed by atoms with E-state index < -0.39 is 0 Å². The van der Waals surface area contributed by atoms with E-state index >= 15 is 0 Å². The van der Waals surface area contributed by atoms with Gasteiger partial charge in [-0.05, 0) is 31.3 Å². The Labute approximate surface area is 87.9 Å². The molecule has 0 amide bonds. The summed E-state index contributed by atoms with van der Waals surface area (Å²) in [6.45, 7) is 8.12. The van der Waals surface area contributed by atoms with Gasteiger partial charge in [0.15, 0.2) is 0 Å². The van der Waals surface area contributed by atoms with Crippen molar-refractivity contribution in [3.63, 3.8) is 0 Å². The SMILES string of the molecule is C/C=C(F)\C(=C/CCC)C(C)CCC. The van der Waals surface area contributed by atoms with Crippen LogP contribution in [0.2, 0.25) is 0 Å². The summed E-state index contributed by atoms with van der Waals surface area (Å²) < 4.78 is 13.5. The smallest absolute Gasteiger partial charge is 0.122 e. The molecule has 82 valence electrons. The van der Waals surface area contributed by atoms with E-state index in [1.165, 1.54) is 0 Å². The molecule has 0 saturated heterocycles. The van der Waals surface area contributed by atoms with Gasteiger partial charge in [0, 0.05) is 0 Å². The van der Waals surface area contributed by atoms with Crippen LogP contribution in [0.4, 0.5) is 4.39 Å². The Hall–Kier alpha value is -0.590. The highest BCUT2D eigenvalue weighted by Gasteiger charge is 2.11. The van der Waals surface area contributed by atoms with Gasteiger partial charge < -0.3 is 0 Å². The van der Waals surface area contributed by atoms with E-state index in [0.29, 0.717) is 5.92 Å². The topological polar surface area (TPSA) is 0 Å². The number of unbranched alkanes of at least 4 members (excludes halogenated alkanes) is 1. The second-order valence-electron chi connectivity index (χ2n) is 3.77. The highest BCUT2D eigenvalue weighted by molar-refractivity contribution is 5.26. The summed E-state index contributed by atoms with van der Waals surface area (Å²) in [5.41, 5.74) is 0.899. The van der Waals surface area contributed by atoms with Crippen molar-refractivity contribution in [1.29, 1.82) is 0 Å². The first kappa shape index (κ1) is 13.4. The second kappa shape index (κ2) is 7.78. The average Bonchev–Trinajstić information content (AvgIpc) is 2.18. The van der Waals surface area contributed by atoms with Crippen molar-refractivity contribution in [1.82, 2.24) is 0 Å². The average molecular weight is 198 g/mol. The van der Waals surface area contributed by atoms with Crippen molar-refractivity contribution < 1.29 is 4.39 Å². The maximum Gasteiger partial charge on any atom is 0.122 e. The first-order valence-electron chi connectivity index (χ1n) is 5.69. The third kappa shape index (κ3) is 4.59. The Balaban J connectivity index is 4.54. The molecule has 0 aliphatic heterocycles. The van der Waals surface area contributed by atoms with Crippen LogP contribution in [0.5, 0.6) is 0 Å². The zero-order valence-electron chi connectivity index (χ0n) is 9.94. The number of hydrogen-bond acceptors (Lipinski definition) is 0. The van der Waals surface area contributed by atoms with Crippen molar-refractivity contribution in [3.8, 4) is 0 Å². The minimum Gasteiger partial charge on any atom is -0.207 e. The molecule has 0 aliphatic carbocycles. The Morgan fingerprint density at radius 3 is 2.36 bits per heavy atom. The largest absolute Gasteiger partial charge is 0.207 e. The molecular weight excluding hydrogens is 175 g/mol. The maximum absolute atomic E-state index is 13.5. The molecular formula is C13H23F. The summed E-state index contributed by atoms with van der Waals surface area (Å²) in [4.78, 5) is 0. The number of halogens is 1. The number of allylic oxidation sites excluding steroid dienone is 4. The predicted molar refractivity (Wildman–Crippen MR) is 61.9 cm³/mol. The van der Waals surface area contributed by atoms with Gasteiger partial charge in [-0.25, -0.2) is 4.39 Å². The monoisotopic (exact) mass is 198 g/mol. The first-order chi connectivity index (χ1) is 6.67. The van der Waals surface area contributed by atoms with Crippen LogP contribution in [0, 0.1) is 5.92 Å². The second-order valence-corrected chi connectivity index (χ2v) is 3.77. The molecule has 0 aromatic carbocycles. The van der Waals surface area contributed by atoms with Crippen LogP contribution in [-0.2, 0) is 0 Å². The quantitative estimate of drug-likeness (QED) is 0.525. The molecule has 0 N–H and O–H groups in total. The molecule has 0 aromatic rings. The van der Waals surface area contributed by atoms with E-state index in [9.17, 15) is 4.39 Å². The molecule has 0 nitrogen and oxygen atoms in total. The van der Waals surface area contributed by atoms with Crippen molar-refractivity contribution in [2.45, 2.75) is 53.4 Å². The zero-order valence-corrected chi connectivity index (χ0v) is 9.94. The fourth-order valence-electron chi connectivity index (χ4n) is 1.59. The van der Waals surface area contributed by atoms with E-state index in [2.05, 4.69) is 26.8 Å². The molecule has 0 saturated carbocycles.